The number of aromatic nitrogens is 1. The van der Waals surface area contributed by atoms with Crippen molar-refractivity contribution in [3.8, 4) is 0 Å². The van der Waals surface area contributed by atoms with Crippen molar-refractivity contribution in [3.05, 3.63) is 36.5 Å². The Morgan fingerprint density at radius 3 is 3.15 bits per heavy atom. The van der Waals surface area contributed by atoms with E-state index in [-0.39, 0.29) is 18.1 Å². The quantitative estimate of drug-likeness (QED) is 0.870. The van der Waals surface area contributed by atoms with Crippen molar-refractivity contribution in [2.24, 2.45) is 0 Å². The molecule has 0 bridgehead atoms. The Morgan fingerprint density at radius 2 is 2.30 bits per heavy atom. The van der Waals surface area contributed by atoms with Gasteiger partial charge < -0.3 is 15.4 Å². The van der Waals surface area contributed by atoms with Crippen molar-refractivity contribution in [2.75, 3.05) is 18.5 Å². The zero-order chi connectivity index (χ0) is 13.9. The molecule has 0 spiro atoms. The average molecular weight is 271 g/mol. The molecule has 2 heterocycles. The molecule has 5 nitrogen and oxygen atoms in total. The van der Waals surface area contributed by atoms with Crippen LogP contribution in [-0.2, 0) is 9.53 Å². The molecule has 2 N–H and O–H groups in total. The Kier molecular flexibility index (Phi) is 3.62. The number of hydrogen-bond donors (Lipinski definition) is 2. The number of hydrogen-bond acceptors (Lipinski definition) is 4. The second kappa shape index (κ2) is 5.56. The van der Waals surface area contributed by atoms with E-state index in [4.69, 9.17) is 4.74 Å². The van der Waals surface area contributed by atoms with Gasteiger partial charge in [0.2, 0.25) is 5.91 Å². The number of amides is 1. The number of rotatable bonds is 2. The minimum atomic E-state index is -0.324. The lowest BCUT2D eigenvalue weighted by Crippen LogP contribution is -2.53. The monoisotopic (exact) mass is 271 g/mol. The molecule has 1 saturated heterocycles. The van der Waals surface area contributed by atoms with E-state index in [2.05, 4.69) is 15.6 Å². The number of nitrogens with one attached hydrogen (secondary N) is 2. The van der Waals surface area contributed by atoms with Crippen LogP contribution in [0.2, 0.25) is 0 Å². The Balaban J connectivity index is 1.76. The fraction of sp³-hybridized carbons (Fsp3) is 0.333. The number of pyridine rings is 1. The summed E-state index contributed by atoms with van der Waals surface area (Å²) in [6.45, 7) is 3.23. The molecule has 1 aliphatic rings. The summed E-state index contributed by atoms with van der Waals surface area (Å²) in [4.78, 5) is 16.6. The van der Waals surface area contributed by atoms with Gasteiger partial charge in [-0.3, -0.25) is 9.78 Å². The lowest BCUT2D eigenvalue weighted by Gasteiger charge is -2.29. The maximum atomic E-state index is 12.2. The molecule has 0 saturated carbocycles. The van der Waals surface area contributed by atoms with Crippen LogP contribution in [-0.4, -0.2) is 36.2 Å². The standard InChI is InChI=1S/C15H17N3O2/c1-10-14(16-6-7-20-10)15(19)18-12-8-11-4-2-3-5-13(11)17-9-12/h2-5,8-10,14,16H,6-7H2,1H3,(H,18,19)/t10-,14+/m1/s1. The van der Waals surface area contributed by atoms with E-state index in [1.807, 2.05) is 37.3 Å². The van der Waals surface area contributed by atoms with E-state index in [0.29, 0.717) is 18.8 Å². The number of carbonyl (C=O) groups is 1. The summed E-state index contributed by atoms with van der Waals surface area (Å²) >= 11 is 0. The van der Waals surface area contributed by atoms with Crippen molar-refractivity contribution in [1.82, 2.24) is 10.3 Å². The van der Waals surface area contributed by atoms with Gasteiger partial charge in [0.25, 0.3) is 0 Å². The van der Waals surface area contributed by atoms with Crippen LogP contribution in [0.5, 0.6) is 0 Å². The Hall–Kier alpha value is -1.98. The first-order valence-electron chi connectivity index (χ1n) is 6.75. The van der Waals surface area contributed by atoms with Crippen molar-refractivity contribution in [2.45, 2.75) is 19.1 Å². The number of para-hydroxylation sites is 1. The highest BCUT2D eigenvalue weighted by atomic mass is 16.5. The molecule has 2 aromatic rings. The summed E-state index contributed by atoms with van der Waals surface area (Å²) in [5, 5.41) is 7.06. The first kappa shape index (κ1) is 13.0. The van der Waals surface area contributed by atoms with Crippen molar-refractivity contribution in [1.29, 1.82) is 0 Å². The molecule has 1 aliphatic heterocycles. The molecule has 0 unspecified atom stereocenters. The Labute approximate surface area is 117 Å². The van der Waals surface area contributed by atoms with E-state index in [9.17, 15) is 4.79 Å². The zero-order valence-corrected chi connectivity index (χ0v) is 11.3. The predicted octanol–water partition coefficient (Wildman–Crippen LogP) is 1.55. The fourth-order valence-electron chi connectivity index (χ4n) is 2.39. The van der Waals surface area contributed by atoms with Gasteiger partial charge >= 0.3 is 0 Å². The van der Waals surface area contributed by atoms with Gasteiger partial charge in [-0.05, 0) is 19.1 Å². The zero-order valence-electron chi connectivity index (χ0n) is 11.3. The highest BCUT2D eigenvalue weighted by molar-refractivity contribution is 5.96. The third kappa shape index (κ3) is 2.64. The van der Waals surface area contributed by atoms with Gasteiger partial charge in [-0.25, -0.2) is 0 Å². The molecule has 20 heavy (non-hydrogen) atoms. The van der Waals surface area contributed by atoms with Crippen molar-refractivity contribution >= 4 is 22.5 Å². The molecular weight excluding hydrogens is 254 g/mol. The minimum Gasteiger partial charge on any atom is -0.375 e. The van der Waals surface area contributed by atoms with Crippen LogP contribution in [0, 0.1) is 0 Å². The van der Waals surface area contributed by atoms with E-state index in [1.54, 1.807) is 6.20 Å². The maximum Gasteiger partial charge on any atom is 0.244 e. The smallest absolute Gasteiger partial charge is 0.244 e. The highest BCUT2D eigenvalue weighted by Gasteiger charge is 2.28. The van der Waals surface area contributed by atoms with E-state index in [0.717, 1.165) is 10.9 Å². The van der Waals surface area contributed by atoms with Crippen LogP contribution in [0.3, 0.4) is 0 Å². The van der Waals surface area contributed by atoms with Gasteiger partial charge in [0, 0.05) is 11.9 Å². The van der Waals surface area contributed by atoms with Crippen LogP contribution in [0.15, 0.2) is 36.5 Å². The summed E-state index contributed by atoms with van der Waals surface area (Å²) in [6.07, 6.45) is 1.55. The molecule has 1 aromatic carbocycles. The largest absolute Gasteiger partial charge is 0.375 e. The van der Waals surface area contributed by atoms with Gasteiger partial charge in [-0.1, -0.05) is 18.2 Å². The van der Waals surface area contributed by atoms with Gasteiger partial charge in [0.1, 0.15) is 6.04 Å². The van der Waals surface area contributed by atoms with Crippen LogP contribution >= 0.6 is 0 Å². The first-order valence-corrected chi connectivity index (χ1v) is 6.75. The highest BCUT2D eigenvalue weighted by Crippen LogP contribution is 2.16. The summed E-state index contributed by atoms with van der Waals surface area (Å²) in [5.74, 6) is -0.0886. The molecule has 1 amide bonds. The van der Waals surface area contributed by atoms with Crippen molar-refractivity contribution < 1.29 is 9.53 Å². The van der Waals surface area contributed by atoms with Gasteiger partial charge in [-0.2, -0.15) is 0 Å². The summed E-state index contributed by atoms with van der Waals surface area (Å²) in [5.41, 5.74) is 1.62. The third-order valence-corrected chi connectivity index (χ3v) is 3.46. The normalized spacial score (nSPS) is 22.6. The van der Waals surface area contributed by atoms with Gasteiger partial charge in [0.15, 0.2) is 0 Å². The molecule has 1 fully saturated rings. The second-order valence-corrected chi connectivity index (χ2v) is 4.91. The molecule has 0 radical (unpaired) electrons. The molecule has 2 atom stereocenters. The maximum absolute atomic E-state index is 12.2. The Morgan fingerprint density at radius 1 is 1.45 bits per heavy atom. The van der Waals surface area contributed by atoms with E-state index in [1.165, 1.54) is 0 Å². The van der Waals surface area contributed by atoms with Crippen molar-refractivity contribution in [3.63, 3.8) is 0 Å². The average Bonchev–Trinajstić information content (AvgIpc) is 2.47. The molecule has 1 aromatic heterocycles. The molecule has 3 rings (SSSR count). The summed E-state index contributed by atoms with van der Waals surface area (Å²) < 4.78 is 5.48. The van der Waals surface area contributed by atoms with E-state index < -0.39 is 0 Å². The molecular formula is C15H17N3O2. The SMILES string of the molecule is C[C@H]1OCCN[C@@H]1C(=O)Nc1cnc2ccccc2c1. The van der Waals surface area contributed by atoms with Crippen LogP contribution in [0.25, 0.3) is 10.9 Å². The van der Waals surface area contributed by atoms with Gasteiger partial charge in [0.05, 0.1) is 30.1 Å². The number of carbonyl (C=O) groups excluding carboxylic acids is 1. The second-order valence-electron chi connectivity index (χ2n) is 4.91. The summed E-state index contributed by atoms with van der Waals surface area (Å²) in [6, 6.07) is 9.42. The number of ether oxygens (including phenoxy) is 1. The first-order chi connectivity index (χ1) is 9.74. The number of nitrogens with zero attached hydrogens (tertiary/aromatic N) is 1. The lowest BCUT2D eigenvalue weighted by molar-refractivity contribution is -0.123. The van der Waals surface area contributed by atoms with Gasteiger partial charge in [-0.15, -0.1) is 0 Å². The van der Waals surface area contributed by atoms with Crippen LogP contribution in [0.4, 0.5) is 5.69 Å². The number of benzene rings is 1. The Bertz CT molecular complexity index is 629. The molecule has 5 heteroatoms. The summed E-state index contributed by atoms with van der Waals surface area (Å²) in [7, 11) is 0. The van der Waals surface area contributed by atoms with Crippen LogP contribution < -0.4 is 10.6 Å². The number of fused-ring (bicyclic) bond motifs is 1. The number of anilines is 1. The van der Waals surface area contributed by atoms with E-state index >= 15 is 0 Å². The lowest BCUT2D eigenvalue weighted by atomic mass is 10.1. The third-order valence-electron chi connectivity index (χ3n) is 3.46. The topological polar surface area (TPSA) is 63.2 Å². The molecule has 0 aliphatic carbocycles. The fourth-order valence-corrected chi connectivity index (χ4v) is 2.39. The van der Waals surface area contributed by atoms with Crippen LogP contribution in [0.1, 0.15) is 6.92 Å². The number of morpholine rings is 1. The molecule has 104 valence electrons. The predicted molar refractivity (Wildman–Crippen MR) is 77.6 cm³/mol. The minimum absolute atomic E-state index is 0.0886.